The molecule has 9 heteroatoms. The van der Waals surface area contributed by atoms with E-state index in [0.717, 1.165) is 5.56 Å². The van der Waals surface area contributed by atoms with Crippen LogP contribution >= 0.6 is 0 Å². The largest absolute Gasteiger partial charge is 0.455 e. The molecule has 2 amide bonds. The quantitative estimate of drug-likeness (QED) is 0.674. The van der Waals surface area contributed by atoms with Crippen molar-refractivity contribution in [3.8, 4) is 11.3 Å². The van der Waals surface area contributed by atoms with Gasteiger partial charge in [-0.15, -0.1) is 0 Å². The summed E-state index contributed by atoms with van der Waals surface area (Å²) in [5, 5.41) is 3.19. The molecule has 2 unspecified atom stereocenters. The number of likely N-dealkylation sites (N-methyl/N-ethyl adjacent to an activating group) is 1. The SMILES string of the molecule is CNC(=O)c1c(-c2ccc(F)cc2)oc2cc3c(cc12)C(C)N(C)C(=O)CN3S(C)=O. The van der Waals surface area contributed by atoms with Gasteiger partial charge in [-0.25, -0.2) is 8.60 Å². The van der Waals surface area contributed by atoms with Gasteiger partial charge >= 0.3 is 0 Å². The molecule has 7 nitrogen and oxygen atoms in total. The van der Waals surface area contributed by atoms with Crippen LogP contribution in [0.2, 0.25) is 0 Å². The summed E-state index contributed by atoms with van der Waals surface area (Å²) in [6.07, 6.45) is 1.51. The Morgan fingerprint density at radius 2 is 1.94 bits per heavy atom. The molecule has 2 atom stereocenters. The molecule has 0 spiro atoms. The molecule has 1 aliphatic rings. The van der Waals surface area contributed by atoms with Crippen LogP contribution in [0.4, 0.5) is 10.1 Å². The van der Waals surface area contributed by atoms with Crippen molar-refractivity contribution in [3.05, 3.63) is 53.3 Å². The van der Waals surface area contributed by atoms with Gasteiger partial charge in [0, 0.05) is 37.4 Å². The van der Waals surface area contributed by atoms with Crippen molar-refractivity contribution in [2.45, 2.75) is 13.0 Å². The molecule has 162 valence electrons. The number of nitrogens with one attached hydrogen (secondary N) is 1. The lowest BCUT2D eigenvalue weighted by Crippen LogP contribution is -2.36. The topological polar surface area (TPSA) is 82.9 Å². The van der Waals surface area contributed by atoms with E-state index in [9.17, 15) is 18.2 Å². The first kappa shape index (κ1) is 21.0. The third-order valence-corrected chi connectivity index (χ3v) is 6.63. The third kappa shape index (κ3) is 3.48. The van der Waals surface area contributed by atoms with Gasteiger partial charge in [-0.2, -0.15) is 0 Å². The molecule has 1 aliphatic heterocycles. The van der Waals surface area contributed by atoms with Crippen LogP contribution in [-0.2, 0) is 15.8 Å². The van der Waals surface area contributed by atoms with E-state index in [0.29, 0.717) is 33.5 Å². The van der Waals surface area contributed by atoms with Gasteiger partial charge in [-0.05, 0) is 42.8 Å². The van der Waals surface area contributed by atoms with Gasteiger partial charge < -0.3 is 14.6 Å². The number of furan rings is 1. The minimum absolute atomic E-state index is 0.0315. The summed E-state index contributed by atoms with van der Waals surface area (Å²) in [4.78, 5) is 26.9. The van der Waals surface area contributed by atoms with Crippen molar-refractivity contribution in [1.29, 1.82) is 0 Å². The van der Waals surface area contributed by atoms with Crippen LogP contribution in [0, 0.1) is 5.82 Å². The van der Waals surface area contributed by atoms with Gasteiger partial charge in [0.2, 0.25) is 5.91 Å². The monoisotopic (exact) mass is 443 g/mol. The van der Waals surface area contributed by atoms with E-state index in [4.69, 9.17) is 4.42 Å². The van der Waals surface area contributed by atoms with Crippen molar-refractivity contribution in [3.63, 3.8) is 0 Å². The molecule has 4 rings (SSSR count). The van der Waals surface area contributed by atoms with E-state index in [1.165, 1.54) is 29.7 Å². The Morgan fingerprint density at radius 3 is 2.55 bits per heavy atom. The van der Waals surface area contributed by atoms with E-state index in [2.05, 4.69) is 5.32 Å². The zero-order valence-corrected chi connectivity index (χ0v) is 18.4. The standard InChI is InChI=1S/C22H22FN3O4S/c1-12-15-9-16-18(10-17(15)26(31(4)29)11-19(27)25(12)3)30-21(20(16)22(28)24-2)13-5-7-14(23)8-6-13/h5-10,12H,11H2,1-4H3,(H,24,28). The summed E-state index contributed by atoms with van der Waals surface area (Å²) in [6, 6.07) is 8.92. The summed E-state index contributed by atoms with van der Waals surface area (Å²) in [7, 11) is 1.78. The number of hydrogen-bond acceptors (Lipinski definition) is 4. The van der Waals surface area contributed by atoms with Gasteiger partial charge in [-0.3, -0.25) is 13.9 Å². The van der Waals surface area contributed by atoms with Gasteiger partial charge in [0.15, 0.2) is 0 Å². The number of hydrogen-bond donors (Lipinski definition) is 1. The van der Waals surface area contributed by atoms with Crippen LogP contribution in [0.15, 0.2) is 40.8 Å². The maximum absolute atomic E-state index is 13.4. The molecule has 31 heavy (non-hydrogen) atoms. The molecular weight excluding hydrogens is 421 g/mol. The lowest BCUT2D eigenvalue weighted by molar-refractivity contribution is -0.129. The number of benzene rings is 2. The zero-order valence-electron chi connectivity index (χ0n) is 17.6. The van der Waals surface area contributed by atoms with Crippen molar-refractivity contribution < 1.29 is 22.6 Å². The summed E-state index contributed by atoms with van der Waals surface area (Å²) in [6.45, 7) is 1.85. The number of rotatable bonds is 3. The van der Waals surface area contributed by atoms with E-state index in [1.54, 1.807) is 30.1 Å². The Balaban J connectivity index is 2.03. The molecule has 0 fully saturated rings. The van der Waals surface area contributed by atoms with Crippen LogP contribution < -0.4 is 9.62 Å². The van der Waals surface area contributed by atoms with Crippen molar-refractivity contribution in [2.75, 3.05) is 31.2 Å². The summed E-state index contributed by atoms with van der Waals surface area (Å²) >= 11 is 0. The number of anilines is 1. The molecule has 0 radical (unpaired) electrons. The lowest BCUT2D eigenvalue weighted by atomic mass is 9.99. The number of carbonyl (C=O) groups is 2. The van der Waals surface area contributed by atoms with Crippen molar-refractivity contribution >= 4 is 39.5 Å². The molecule has 0 saturated heterocycles. The Hall–Kier alpha value is -3.20. The summed E-state index contributed by atoms with van der Waals surface area (Å²) < 4.78 is 33.4. The first-order valence-corrected chi connectivity index (χ1v) is 11.2. The van der Waals surface area contributed by atoms with Gasteiger partial charge in [0.05, 0.1) is 17.3 Å². The summed E-state index contributed by atoms with van der Waals surface area (Å²) in [5.74, 6) is -0.583. The average molecular weight is 444 g/mol. The van der Waals surface area contributed by atoms with Crippen LogP contribution in [0.1, 0.15) is 28.9 Å². The number of amides is 2. The van der Waals surface area contributed by atoms with Crippen LogP contribution in [0.3, 0.4) is 0 Å². The van der Waals surface area contributed by atoms with Gasteiger partial charge in [0.25, 0.3) is 5.91 Å². The number of nitrogens with zero attached hydrogens (tertiary/aromatic N) is 2. The third-order valence-electron chi connectivity index (χ3n) is 5.68. The van der Waals surface area contributed by atoms with Crippen molar-refractivity contribution in [2.24, 2.45) is 0 Å². The molecule has 1 aromatic heterocycles. The predicted octanol–water partition coefficient (Wildman–Crippen LogP) is 3.23. The smallest absolute Gasteiger partial charge is 0.255 e. The molecule has 1 N–H and O–H groups in total. The highest BCUT2D eigenvalue weighted by Gasteiger charge is 2.32. The Kier molecular flexibility index (Phi) is 5.30. The minimum atomic E-state index is -1.44. The number of halogens is 1. The molecule has 3 aromatic rings. The molecular formula is C22H22FN3O4S. The van der Waals surface area contributed by atoms with Gasteiger partial charge in [-0.1, -0.05) is 0 Å². The van der Waals surface area contributed by atoms with Crippen molar-refractivity contribution in [1.82, 2.24) is 10.2 Å². The molecule has 2 heterocycles. The molecule has 2 aromatic carbocycles. The maximum atomic E-state index is 13.4. The van der Waals surface area contributed by atoms with Crippen LogP contribution in [0.25, 0.3) is 22.3 Å². The van der Waals surface area contributed by atoms with E-state index >= 15 is 0 Å². The first-order chi connectivity index (χ1) is 14.7. The van der Waals surface area contributed by atoms with E-state index in [1.807, 2.05) is 13.0 Å². The highest BCUT2D eigenvalue weighted by atomic mass is 32.2. The zero-order chi connectivity index (χ0) is 22.4. The maximum Gasteiger partial charge on any atom is 0.255 e. The molecule has 0 bridgehead atoms. The molecule has 0 aliphatic carbocycles. The minimum Gasteiger partial charge on any atom is -0.455 e. The predicted molar refractivity (Wildman–Crippen MR) is 118 cm³/mol. The fraction of sp³-hybridized carbons (Fsp3) is 0.273. The van der Waals surface area contributed by atoms with Gasteiger partial charge in [0.1, 0.15) is 34.7 Å². The highest BCUT2D eigenvalue weighted by Crippen LogP contribution is 2.41. The number of carbonyl (C=O) groups excluding carboxylic acids is 2. The number of fused-ring (bicyclic) bond motifs is 2. The van der Waals surface area contributed by atoms with Crippen LogP contribution in [-0.4, -0.2) is 47.8 Å². The van der Waals surface area contributed by atoms with Crippen LogP contribution in [0.5, 0.6) is 0 Å². The van der Waals surface area contributed by atoms with E-state index < -0.39 is 16.8 Å². The highest BCUT2D eigenvalue weighted by molar-refractivity contribution is 7.85. The van der Waals surface area contributed by atoms with E-state index in [-0.39, 0.29) is 24.4 Å². The fourth-order valence-electron chi connectivity index (χ4n) is 3.83. The Morgan fingerprint density at radius 1 is 1.26 bits per heavy atom. The Bertz CT molecular complexity index is 1220. The average Bonchev–Trinajstić information content (AvgIpc) is 3.09. The first-order valence-electron chi connectivity index (χ1n) is 9.68. The second-order valence-electron chi connectivity index (χ2n) is 7.44. The second-order valence-corrected chi connectivity index (χ2v) is 8.73. The Labute approximate surface area is 181 Å². The lowest BCUT2D eigenvalue weighted by Gasteiger charge is -2.23. The normalized spacial score (nSPS) is 17.5. The summed E-state index contributed by atoms with van der Waals surface area (Å²) in [5.41, 5.74) is 2.66. The second kappa shape index (κ2) is 7.81. The molecule has 0 saturated carbocycles. The fourth-order valence-corrected chi connectivity index (χ4v) is 4.56.